The summed E-state index contributed by atoms with van der Waals surface area (Å²) in [6.07, 6.45) is 1.54. The van der Waals surface area contributed by atoms with Crippen molar-refractivity contribution in [2.75, 3.05) is 6.61 Å². The number of carboxylic acids is 1. The van der Waals surface area contributed by atoms with Gasteiger partial charge in [0.05, 0.1) is 16.1 Å². The molecule has 0 aliphatic rings. The van der Waals surface area contributed by atoms with E-state index in [4.69, 9.17) is 42.3 Å². The maximum Gasteiger partial charge on any atom is 0.341 e. The van der Waals surface area contributed by atoms with Crippen molar-refractivity contribution < 1.29 is 23.9 Å². The molecule has 0 unspecified atom stereocenters. The van der Waals surface area contributed by atoms with Gasteiger partial charge in [-0.1, -0.05) is 47.8 Å². The van der Waals surface area contributed by atoms with Gasteiger partial charge in [-0.3, -0.25) is 0 Å². The van der Waals surface area contributed by atoms with E-state index in [2.05, 4.69) is 17.1 Å². The lowest BCUT2D eigenvalue weighted by Crippen LogP contribution is -2.09. The number of nitrogens with zero attached hydrogens (tertiary/aromatic N) is 2. The minimum atomic E-state index is -1.10. The average molecular weight is 473 g/mol. The van der Waals surface area contributed by atoms with Gasteiger partial charge in [-0.25, -0.2) is 9.78 Å². The Labute approximate surface area is 193 Å². The van der Waals surface area contributed by atoms with Crippen LogP contribution in [0.15, 0.2) is 53.1 Å². The molecule has 0 saturated heterocycles. The van der Waals surface area contributed by atoms with Crippen molar-refractivity contribution >= 4 is 40.1 Å². The van der Waals surface area contributed by atoms with Crippen molar-refractivity contribution in [3.05, 3.63) is 64.3 Å². The van der Waals surface area contributed by atoms with Gasteiger partial charge in [0.25, 0.3) is 0 Å². The first-order valence-corrected chi connectivity index (χ1v) is 10.6. The van der Waals surface area contributed by atoms with Gasteiger partial charge in [0, 0.05) is 22.7 Å². The molecule has 0 fully saturated rings. The molecule has 4 rings (SSSR count). The van der Waals surface area contributed by atoms with Crippen molar-refractivity contribution in [1.82, 2.24) is 10.1 Å². The Bertz CT molecular complexity index is 1290. The number of halogens is 2. The molecule has 0 aliphatic carbocycles. The molecule has 0 spiro atoms. The summed E-state index contributed by atoms with van der Waals surface area (Å²) in [5.74, 6) is 0.149. The third-order valence-corrected chi connectivity index (χ3v) is 5.12. The molecule has 0 radical (unpaired) electrons. The number of pyridine rings is 1. The average Bonchev–Trinajstić information content (AvgIpc) is 3.15. The van der Waals surface area contributed by atoms with Crippen LogP contribution in [-0.4, -0.2) is 27.8 Å². The number of carboxylic acid groups (broad SMARTS) is 1. The number of aryl methyl sites for hydroxylation is 1. The van der Waals surface area contributed by atoms with Crippen LogP contribution in [0, 0.1) is 0 Å². The first kappa shape index (κ1) is 21.9. The summed E-state index contributed by atoms with van der Waals surface area (Å²) < 4.78 is 16.6. The molecule has 0 amide bonds. The van der Waals surface area contributed by atoms with Crippen molar-refractivity contribution in [3.8, 4) is 28.6 Å². The summed E-state index contributed by atoms with van der Waals surface area (Å²) in [6, 6.07) is 13.9. The van der Waals surface area contributed by atoms with Gasteiger partial charge in [-0.2, -0.15) is 0 Å². The summed E-state index contributed by atoms with van der Waals surface area (Å²) in [5, 5.41) is 14.5. The number of hydrogen-bond acceptors (Lipinski definition) is 6. The number of aromatic nitrogens is 2. The maximum atomic E-state index is 10.9. The molecular weight excluding hydrogens is 455 g/mol. The summed E-state index contributed by atoms with van der Waals surface area (Å²) in [5.41, 5.74) is 2.57. The van der Waals surface area contributed by atoms with E-state index in [0.29, 0.717) is 39.7 Å². The Morgan fingerprint density at radius 1 is 1.16 bits per heavy atom. The van der Waals surface area contributed by atoms with Gasteiger partial charge in [0.15, 0.2) is 12.2 Å². The van der Waals surface area contributed by atoms with E-state index < -0.39 is 12.6 Å². The van der Waals surface area contributed by atoms with Crippen LogP contribution >= 0.6 is 23.2 Å². The molecule has 0 bridgehead atoms. The number of aliphatic carboxylic acids is 1. The zero-order chi connectivity index (χ0) is 22.7. The Morgan fingerprint density at radius 3 is 2.75 bits per heavy atom. The van der Waals surface area contributed by atoms with Crippen molar-refractivity contribution in [2.24, 2.45) is 0 Å². The first-order chi connectivity index (χ1) is 15.4. The Hall–Kier alpha value is -3.29. The number of rotatable bonds is 8. The zero-order valence-corrected chi connectivity index (χ0v) is 18.5. The van der Waals surface area contributed by atoms with E-state index in [1.807, 2.05) is 6.07 Å². The zero-order valence-electron chi connectivity index (χ0n) is 17.0. The topological polar surface area (TPSA) is 94.7 Å². The van der Waals surface area contributed by atoms with E-state index in [9.17, 15) is 4.79 Å². The van der Waals surface area contributed by atoms with Crippen LogP contribution in [0.4, 0.5) is 0 Å². The molecule has 0 atom stereocenters. The number of carbonyl (C=O) groups is 1. The fourth-order valence-electron chi connectivity index (χ4n) is 3.22. The number of fused-ring (bicyclic) bond motifs is 1. The van der Waals surface area contributed by atoms with Gasteiger partial charge < -0.3 is 19.1 Å². The van der Waals surface area contributed by atoms with Crippen LogP contribution in [0.3, 0.4) is 0 Å². The second-order valence-electron chi connectivity index (χ2n) is 6.95. The third kappa shape index (κ3) is 4.79. The second-order valence-corrected chi connectivity index (χ2v) is 7.79. The highest BCUT2D eigenvalue weighted by Gasteiger charge is 2.19. The molecule has 32 heavy (non-hydrogen) atoms. The standard InChI is InChI=1S/C23H18Cl2N2O5/c1-2-4-18-15(7-8-21(26-18)31-14-6-3-5-13(24)9-14)23-16-10-20(30-12-22(28)29)17(25)11-19(16)32-27-23/h3,5-11H,2,4,12H2,1H3,(H,28,29). The quantitative estimate of drug-likeness (QED) is 0.316. The summed E-state index contributed by atoms with van der Waals surface area (Å²) >= 11 is 12.2. The van der Waals surface area contributed by atoms with Crippen LogP contribution in [0.2, 0.25) is 10.0 Å². The van der Waals surface area contributed by atoms with Crippen LogP contribution in [-0.2, 0) is 11.2 Å². The molecule has 0 aliphatic heterocycles. The molecule has 7 nitrogen and oxygen atoms in total. The number of hydrogen-bond donors (Lipinski definition) is 1. The predicted octanol–water partition coefficient (Wildman–Crippen LogP) is 6.40. The maximum absolute atomic E-state index is 10.9. The Morgan fingerprint density at radius 2 is 2.00 bits per heavy atom. The smallest absolute Gasteiger partial charge is 0.341 e. The number of ether oxygens (including phenoxy) is 2. The van der Waals surface area contributed by atoms with Gasteiger partial charge >= 0.3 is 5.97 Å². The highest BCUT2D eigenvalue weighted by Crippen LogP contribution is 2.37. The Kier molecular flexibility index (Phi) is 6.48. The number of benzene rings is 2. The molecule has 4 aromatic rings. The minimum Gasteiger partial charge on any atom is -0.480 e. The molecule has 2 heterocycles. The molecule has 1 N–H and O–H groups in total. The van der Waals surface area contributed by atoms with E-state index >= 15 is 0 Å². The minimum absolute atomic E-state index is 0.233. The lowest BCUT2D eigenvalue weighted by molar-refractivity contribution is -0.139. The lowest BCUT2D eigenvalue weighted by atomic mass is 10.0. The predicted molar refractivity (Wildman–Crippen MR) is 121 cm³/mol. The van der Waals surface area contributed by atoms with Gasteiger partial charge in [-0.15, -0.1) is 0 Å². The molecule has 164 valence electrons. The molecular formula is C23H18Cl2N2O5. The van der Waals surface area contributed by atoms with Gasteiger partial charge in [-0.05, 0) is 36.8 Å². The lowest BCUT2D eigenvalue weighted by Gasteiger charge is -2.10. The van der Waals surface area contributed by atoms with E-state index in [-0.39, 0.29) is 10.8 Å². The highest BCUT2D eigenvalue weighted by atomic mass is 35.5. The van der Waals surface area contributed by atoms with Crippen molar-refractivity contribution in [1.29, 1.82) is 0 Å². The Balaban J connectivity index is 1.73. The first-order valence-electron chi connectivity index (χ1n) is 9.82. The fourth-order valence-corrected chi connectivity index (χ4v) is 3.60. The SMILES string of the molecule is CCCc1nc(Oc2cccc(Cl)c2)ccc1-c1noc2cc(Cl)c(OCC(=O)O)cc12. The molecule has 0 saturated carbocycles. The summed E-state index contributed by atoms with van der Waals surface area (Å²) in [6.45, 7) is 1.54. The molecule has 9 heteroatoms. The van der Waals surface area contributed by atoms with Crippen LogP contribution in [0.1, 0.15) is 19.0 Å². The van der Waals surface area contributed by atoms with Crippen LogP contribution in [0.5, 0.6) is 17.4 Å². The fraction of sp³-hybridized carbons (Fsp3) is 0.174. The normalized spacial score (nSPS) is 11.0. The molecule has 2 aromatic carbocycles. The van der Waals surface area contributed by atoms with Gasteiger partial charge in [0.2, 0.25) is 5.88 Å². The summed E-state index contributed by atoms with van der Waals surface area (Å²) in [7, 11) is 0. The van der Waals surface area contributed by atoms with Gasteiger partial charge in [0.1, 0.15) is 17.2 Å². The monoisotopic (exact) mass is 472 g/mol. The second kappa shape index (κ2) is 9.46. The van der Waals surface area contributed by atoms with Crippen LogP contribution in [0.25, 0.3) is 22.2 Å². The molecule has 2 aromatic heterocycles. The summed E-state index contributed by atoms with van der Waals surface area (Å²) in [4.78, 5) is 15.5. The highest BCUT2D eigenvalue weighted by molar-refractivity contribution is 6.33. The third-order valence-electron chi connectivity index (χ3n) is 4.58. The van der Waals surface area contributed by atoms with Crippen LogP contribution < -0.4 is 9.47 Å². The van der Waals surface area contributed by atoms with Crippen molar-refractivity contribution in [2.45, 2.75) is 19.8 Å². The van der Waals surface area contributed by atoms with E-state index in [0.717, 1.165) is 17.7 Å². The van der Waals surface area contributed by atoms with Crippen molar-refractivity contribution in [3.63, 3.8) is 0 Å². The largest absolute Gasteiger partial charge is 0.480 e. The van der Waals surface area contributed by atoms with E-state index in [1.165, 1.54) is 0 Å². The van der Waals surface area contributed by atoms with E-state index in [1.54, 1.807) is 42.5 Å².